The third-order valence-corrected chi connectivity index (χ3v) is 2.46. The number of hydrogen-bond acceptors (Lipinski definition) is 1. The highest BCUT2D eigenvalue weighted by atomic mass is 14.9. The minimum Gasteiger partial charge on any atom is -0.314 e. The summed E-state index contributed by atoms with van der Waals surface area (Å²) in [5.74, 6) is 0. The highest BCUT2D eigenvalue weighted by Crippen LogP contribution is 2.08. The van der Waals surface area contributed by atoms with E-state index in [-0.39, 0.29) is 0 Å². The zero-order valence-corrected chi connectivity index (χ0v) is 11.1. The predicted octanol–water partition coefficient (Wildman–Crippen LogP) is 4.07. The summed E-state index contributed by atoms with van der Waals surface area (Å²) in [6, 6.07) is 0.605. The summed E-state index contributed by atoms with van der Waals surface area (Å²) in [4.78, 5) is 0. The van der Waals surface area contributed by atoms with Gasteiger partial charge in [-0.15, -0.1) is 0 Å². The van der Waals surface area contributed by atoms with Crippen LogP contribution in [0.5, 0.6) is 0 Å². The molecular formula is C14H27N. The fraction of sp³-hybridized carbons (Fsp3) is 0.714. The molecular weight excluding hydrogens is 182 g/mol. The molecule has 0 heterocycles. The van der Waals surface area contributed by atoms with Crippen molar-refractivity contribution in [3.8, 4) is 0 Å². The summed E-state index contributed by atoms with van der Waals surface area (Å²) in [5, 5.41) is 3.42. The van der Waals surface area contributed by atoms with Gasteiger partial charge in [-0.3, -0.25) is 0 Å². The predicted molar refractivity (Wildman–Crippen MR) is 70.2 cm³/mol. The third kappa shape index (κ3) is 9.74. The molecule has 1 heteroatoms. The normalized spacial score (nSPS) is 13.8. The quantitative estimate of drug-likeness (QED) is 0.623. The first-order valence-corrected chi connectivity index (χ1v) is 6.08. The molecule has 0 saturated carbocycles. The van der Waals surface area contributed by atoms with Crippen LogP contribution in [-0.4, -0.2) is 12.6 Å². The molecule has 0 saturated heterocycles. The Kier molecular flexibility index (Phi) is 8.40. The van der Waals surface area contributed by atoms with E-state index in [9.17, 15) is 0 Å². The van der Waals surface area contributed by atoms with Gasteiger partial charge in [-0.1, -0.05) is 30.2 Å². The van der Waals surface area contributed by atoms with Crippen molar-refractivity contribution in [2.45, 2.75) is 59.9 Å². The van der Waals surface area contributed by atoms with E-state index in [1.165, 1.54) is 24.0 Å². The van der Waals surface area contributed by atoms with Gasteiger partial charge in [-0.25, -0.2) is 0 Å². The highest BCUT2D eigenvalue weighted by molar-refractivity contribution is 5.02. The monoisotopic (exact) mass is 209 g/mol. The first kappa shape index (κ1) is 14.4. The lowest BCUT2D eigenvalue weighted by molar-refractivity contribution is 0.572. The summed E-state index contributed by atoms with van der Waals surface area (Å²) in [7, 11) is 0. The molecule has 0 aromatic heterocycles. The van der Waals surface area contributed by atoms with Crippen molar-refractivity contribution in [2.75, 3.05) is 6.54 Å². The first-order chi connectivity index (χ1) is 7.06. The van der Waals surface area contributed by atoms with E-state index in [2.05, 4.69) is 52.1 Å². The highest BCUT2D eigenvalue weighted by Gasteiger charge is 1.96. The molecule has 88 valence electrons. The minimum absolute atomic E-state index is 0.605. The van der Waals surface area contributed by atoms with Crippen LogP contribution >= 0.6 is 0 Å². The molecule has 0 fully saturated rings. The van der Waals surface area contributed by atoms with Crippen molar-refractivity contribution < 1.29 is 0 Å². The molecule has 0 aliphatic carbocycles. The van der Waals surface area contributed by atoms with Crippen molar-refractivity contribution in [1.82, 2.24) is 5.32 Å². The Morgan fingerprint density at radius 2 is 1.87 bits per heavy atom. The van der Waals surface area contributed by atoms with Gasteiger partial charge in [0.15, 0.2) is 0 Å². The number of allylic oxidation sites excluding steroid dienone is 3. The maximum absolute atomic E-state index is 3.42. The maximum atomic E-state index is 3.42. The maximum Gasteiger partial charge on any atom is 0.00732 e. The third-order valence-electron chi connectivity index (χ3n) is 2.46. The summed E-state index contributed by atoms with van der Waals surface area (Å²) >= 11 is 0. The average Bonchev–Trinajstić information content (AvgIpc) is 2.14. The van der Waals surface area contributed by atoms with Crippen molar-refractivity contribution >= 4 is 0 Å². The molecule has 0 aromatic carbocycles. The van der Waals surface area contributed by atoms with Gasteiger partial charge in [0.25, 0.3) is 0 Å². The van der Waals surface area contributed by atoms with Gasteiger partial charge in [-0.2, -0.15) is 0 Å². The SMILES string of the molecule is CCNC(C)C/C=C(/C)CCC=C(C)C. The number of nitrogens with one attached hydrogen (secondary N) is 1. The lowest BCUT2D eigenvalue weighted by Gasteiger charge is -2.09. The molecule has 0 bridgehead atoms. The Morgan fingerprint density at radius 3 is 2.40 bits per heavy atom. The summed E-state index contributed by atoms with van der Waals surface area (Å²) < 4.78 is 0. The van der Waals surface area contributed by atoms with Crippen LogP contribution in [0.3, 0.4) is 0 Å². The van der Waals surface area contributed by atoms with Crippen LogP contribution < -0.4 is 5.32 Å². The fourth-order valence-corrected chi connectivity index (χ4v) is 1.50. The molecule has 1 nitrogen and oxygen atoms in total. The summed E-state index contributed by atoms with van der Waals surface area (Å²) in [5.41, 5.74) is 2.93. The molecule has 1 N–H and O–H groups in total. The standard InChI is InChI=1S/C14H27N/c1-6-15-14(5)11-10-13(4)9-7-8-12(2)3/h8,10,14-15H,6-7,9,11H2,1-5H3/b13-10-. The second-order valence-corrected chi connectivity index (χ2v) is 4.57. The van der Waals surface area contributed by atoms with Gasteiger partial charge in [0, 0.05) is 6.04 Å². The average molecular weight is 209 g/mol. The smallest absolute Gasteiger partial charge is 0.00732 e. The van der Waals surface area contributed by atoms with Crippen molar-refractivity contribution in [1.29, 1.82) is 0 Å². The molecule has 15 heavy (non-hydrogen) atoms. The second kappa shape index (κ2) is 8.72. The van der Waals surface area contributed by atoms with E-state index in [4.69, 9.17) is 0 Å². The second-order valence-electron chi connectivity index (χ2n) is 4.57. The molecule has 0 aliphatic heterocycles. The molecule has 0 radical (unpaired) electrons. The van der Waals surface area contributed by atoms with Crippen LogP contribution in [0.4, 0.5) is 0 Å². The van der Waals surface area contributed by atoms with Crippen molar-refractivity contribution in [3.05, 3.63) is 23.3 Å². The van der Waals surface area contributed by atoms with Crippen LogP contribution in [-0.2, 0) is 0 Å². The minimum atomic E-state index is 0.605. The number of rotatable bonds is 7. The Hall–Kier alpha value is -0.560. The molecule has 0 aliphatic rings. The first-order valence-electron chi connectivity index (χ1n) is 6.08. The van der Waals surface area contributed by atoms with Crippen LogP contribution in [0.2, 0.25) is 0 Å². The van der Waals surface area contributed by atoms with Gasteiger partial charge >= 0.3 is 0 Å². The lowest BCUT2D eigenvalue weighted by Crippen LogP contribution is -2.24. The molecule has 0 amide bonds. The largest absolute Gasteiger partial charge is 0.314 e. The Labute approximate surface area is 95.7 Å². The van der Waals surface area contributed by atoms with Crippen LogP contribution in [0, 0.1) is 0 Å². The molecule has 0 aromatic rings. The van der Waals surface area contributed by atoms with Crippen molar-refractivity contribution in [2.24, 2.45) is 0 Å². The number of hydrogen-bond donors (Lipinski definition) is 1. The molecule has 1 unspecified atom stereocenters. The van der Waals surface area contributed by atoms with Crippen molar-refractivity contribution in [3.63, 3.8) is 0 Å². The van der Waals surface area contributed by atoms with E-state index in [0.717, 1.165) is 13.0 Å². The van der Waals surface area contributed by atoms with Crippen LogP contribution in [0.15, 0.2) is 23.3 Å². The van der Waals surface area contributed by atoms with Gasteiger partial charge < -0.3 is 5.32 Å². The molecule has 0 rings (SSSR count). The zero-order chi connectivity index (χ0) is 11.7. The van der Waals surface area contributed by atoms with E-state index < -0.39 is 0 Å². The van der Waals surface area contributed by atoms with E-state index >= 15 is 0 Å². The lowest BCUT2D eigenvalue weighted by atomic mass is 10.1. The van der Waals surface area contributed by atoms with Gasteiger partial charge in [0.05, 0.1) is 0 Å². The van der Waals surface area contributed by atoms with Crippen LogP contribution in [0.25, 0.3) is 0 Å². The zero-order valence-electron chi connectivity index (χ0n) is 11.1. The Bertz CT molecular complexity index is 209. The topological polar surface area (TPSA) is 12.0 Å². The van der Waals surface area contributed by atoms with Gasteiger partial charge in [0.1, 0.15) is 0 Å². The van der Waals surface area contributed by atoms with E-state index in [1.54, 1.807) is 0 Å². The van der Waals surface area contributed by atoms with Crippen LogP contribution in [0.1, 0.15) is 53.9 Å². The fourth-order valence-electron chi connectivity index (χ4n) is 1.50. The Balaban J connectivity index is 3.74. The Morgan fingerprint density at radius 1 is 1.20 bits per heavy atom. The van der Waals surface area contributed by atoms with Gasteiger partial charge in [-0.05, 0) is 53.5 Å². The van der Waals surface area contributed by atoms with E-state index in [1.807, 2.05) is 0 Å². The molecule has 0 spiro atoms. The molecule has 1 atom stereocenters. The summed E-state index contributed by atoms with van der Waals surface area (Å²) in [6.45, 7) is 12.0. The summed E-state index contributed by atoms with van der Waals surface area (Å²) in [6.07, 6.45) is 8.20. The van der Waals surface area contributed by atoms with E-state index in [0.29, 0.717) is 6.04 Å². The van der Waals surface area contributed by atoms with Gasteiger partial charge in [0.2, 0.25) is 0 Å².